The lowest BCUT2D eigenvalue weighted by atomic mass is 9.85. The number of fused-ring (bicyclic) bond motifs is 6. The number of ether oxygens (including phenoxy) is 1. The number of rotatable bonds is 29. The van der Waals surface area contributed by atoms with Crippen molar-refractivity contribution in [2.75, 3.05) is 72.0 Å². The maximum absolute atomic E-state index is 13.3. The van der Waals surface area contributed by atoms with E-state index in [9.17, 15) is 45.1 Å². The number of carbonyl (C=O) groups excluding carboxylic acids is 4. The number of unbranched alkanes of at least 4 members (excludes halogenated alkanes) is 5. The summed E-state index contributed by atoms with van der Waals surface area (Å²) in [6.07, 6.45) is 11.4. The molecule has 0 saturated heterocycles. The van der Waals surface area contributed by atoms with Crippen LogP contribution in [0.15, 0.2) is 232 Å². The van der Waals surface area contributed by atoms with Gasteiger partial charge >= 0.3 is 11.2 Å². The summed E-state index contributed by atoms with van der Waals surface area (Å²) in [6, 6.07) is 56.9. The van der Waals surface area contributed by atoms with Crippen LogP contribution in [0.1, 0.15) is 140 Å². The predicted octanol–water partition coefficient (Wildman–Crippen LogP) is 17.6. The van der Waals surface area contributed by atoms with Crippen molar-refractivity contribution in [2.24, 2.45) is 0 Å². The van der Waals surface area contributed by atoms with E-state index in [1.54, 1.807) is 84.9 Å². The zero-order valence-corrected chi connectivity index (χ0v) is 63.1. The first-order chi connectivity index (χ1) is 52.1. The van der Waals surface area contributed by atoms with Crippen LogP contribution in [-0.4, -0.2) is 118 Å². The molecule has 4 aliphatic rings. The second-order valence-corrected chi connectivity index (χ2v) is 30.9. The Balaban J connectivity index is 0.687. The Kier molecular flexibility index (Phi) is 21.2. The van der Waals surface area contributed by atoms with Crippen molar-refractivity contribution >= 4 is 99.8 Å². The minimum atomic E-state index is -4.92. The zero-order valence-electron chi connectivity index (χ0n) is 61.5. The van der Waals surface area contributed by atoms with E-state index in [-0.39, 0.29) is 52.1 Å². The molecule has 10 aromatic rings. The lowest BCUT2D eigenvalue weighted by molar-refractivity contribution is 0.0636. The molecule has 4 heterocycles. The predicted molar refractivity (Wildman–Crippen MR) is 424 cm³/mol. The first-order valence-electron chi connectivity index (χ1n) is 37.1. The Morgan fingerprint density at radius 3 is 1.40 bits per heavy atom. The number of carbonyl (C=O) groups is 4. The van der Waals surface area contributed by atoms with Crippen LogP contribution in [0.4, 0.5) is 28.4 Å². The lowest BCUT2D eigenvalue weighted by Gasteiger charge is -2.36. The summed E-state index contributed by atoms with van der Waals surface area (Å²) in [7, 11) is -9.60. The number of hydrogen-bond acceptors (Lipinski definition) is 14. The normalized spacial score (nSPS) is 14.7. The molecule has 1 atom stereocenters. The quantitative estimate of drug-likeness (QED) is 0.0151. The van der Waals surface area contributed by atoms with Crippen molar-refractivity contribution in [3.63, 3.8) is 0 Å². The highest BCUT2D eigenvalue weighted by molar-refractivity contribution is 7.86. The van der Waals surface area contributed by atoms with E-state index in [1.807, 2.05) is 85.0 Å². The molecule has 1 unspecified atom stereocenters. The Morgan fingerprint density at radius 2 is 0.889 bits per heavy atom. The third kappa shape index (κ3) is 14.6. The summed E-state index contributed by atoms with van der Waals surface area (Å²) in [6.45, 7) is 17.0. The number of amides is 4. The van der Waals surface area contributed by atoms with Crippen LogP contribution in [0.3, 0.4) is 0 Å². The maximum atomic E-state index is 13.3. The van der Waals surface area contributed by atoms with Gasteiger partial charge in [0.25, 0.3) is 33.7 Å². The molecule has 1 aromatic heterocycles. The summed E-state index contributed by atoms with van der Waals surface area (Å²) in [5.74, 6) is -0.593. The van der Waals surface area contributed by atoms with Crippen LogP contribution in [0.2, 0.25) is 0 Å². The summed E-state index contributed by atoms with van der Waals surface area (Å²) in [4.78, 5) is 64.5. The standard InChI is InChI=1S/C88H86N6O12S2/c1-7-89(61-39-43-69-75(53-61)105-77-55-63(41-45-71(77)81(69)73-35-15-17-37-79(73)107(99,100)101)91(83-57(3)27-25-28-58(83)4)49-21-23-51-93-85(95)65-31-11-12-32-66(65)86(93)96)47-19-9-10-20-48-90(8-2)62-40-44-70-76(54-62)106-78-56-64(42-46-72(78)82(70)74-36-16-18-38-80(74)108(102,103)104)92(84-59(5)29-26-30-60(84)6)50-22-24-52-94-87(97)67-33-13-14-34-68(67)88(94)98/h11-18,25-46,53-56,77H,7-10,19-24,47-52H2,1-6H3,(H-,99,100,101,102,103,104). The number of nitrogens with zero attached hydrogens (tertiary/aromatic N) is 6. The third-order valence-electron chi connectivity index (χ3n) is 21.3. The van der Waals surface area contributed by atoms with Gasteiger partial charge in [0.15, 0.2) is 0 Å². The van der Waals surface area contributed by atoms with Crippen molar-refractivity contribution in [2.45, 2.75) is 109 Å². The molecule has 18 nitrogen and oxygen atoms in total. The fourth-order valence-corrected chi connectivity index (χ4v) is 17.4. The van der Waals surface area contributed by atoms with Crippen LogP contribution in [0.25, 0.3) is 38.6 Å². The topological polar surface area (TPSA) is 220 Å². The van der Waals surface area contributed by atoms with Gasteiger partial charge in [-0.15, -0.1) is 0 Å². The molecule has 1 N–H and O–H groups in total. The molecule has 0 radical (unpaired) electrons. The minimum absolute atomic E-state index is 0.227. The molecule has 20 heteroatoms. The molecule has 108 heavy (non-hydrogen) atoms. The lowest BCUT2D eigenvalue weighted by Crippen LogP contribution is -2.33. The average Bonchev–Trinajstić information content (AvgIpc) is 0.908. The molecule has 0 saturated carbocycles. The van der Waals surface area contributed by atoms with Gasteiger partial charge in [0.05, 0.1) is 55.7 Å². The van der Waals surface area contributed by atoms with Gasteiger partial charge in [0.2, 0.25) is 0 Å². The number of benzene rings is 9. The van der Waals surface area contributed by atoms with E-state index in [0.29, 0.717) is 130 Å². The smallest absolute Gasteiger partial charge is 0.363 e. The van der Waals surface area contributed by atoms with Gasteiger partial charge in [-0.3, -0.25) is 33.5 Å². The number of imide groups is 2. The van der Waals surface area contributed by atoms with Gasteiger partial charge in [-0.2, -0.15) is 8.42 Å². The molecule has 0 fully saturated rings. The maximum Gasteiger partial charge on any atom is 0.363 e. The molecule has 9 aromatic carbocycles. The average molecular weight is 1480 g/mol. The van der Waals surface area contributed by atoms with E-state index < -0.39 is 26.3 Å². The third-order valence-corrected chi connectivity index (χ3v) is 23.1. The van der Waals surface area contributed by atoms with Gasteiger partial charge in [0, 0.05) is 120 Å². The van der Waals surface area contributed by atoms with Crippen molar-refractivity contribution < 1.29 is 54.3 Å². The van der Waals surface area contributed by atoms with E-state index in [1.165, 1.54) is 21.9 Å². The summed E-state index contributed by atoms with van der Waals surface area (Å²) < 4.78 is 90.3. The van der Waals surface area contributed by atoms with Crippen molar-refractivity contribution in [1.29, 1.82) is 0 Å². The molecular formula is C88H86N6O12S2. The molecule has 14 rings (SSSR count). The Morgan fingerprint density at radius 1 is 0.454 bits per heavy atom. The number of para-hydroxylation sites is 2. The molecule has 0 spiro atoms. The number of aryl methyl sites for hydroxylation is 4. The van der Waals surface area contributed by atoms with Crippen molar-refractivity contribution in [3.05, 3.63) is 273 Å². The first-order valence-corrected chi connectivity index (χ1v) is 40.0. The SMILES string of the molecule is CCN(CCCCCCN(CC)c1ccc2c(-c3ccccc3S(=O)(=O)O)c3ccc(N(CCCCN4C(=O)c5ccccc5C4=O)c4c(C)cccc4C)cc3[o+]c2c1)c1ccc2c(c1)OC1C=C(N(CCCCN3C(=O)c4ccccc4C3=O)c3c(C)cccc3C)C=CC1=C2c1ccccc1S(=O)(=O)[O-]. The molecule has 1 aliphatic carbocycles. The zero-order chi connectivity index (χ0) is 75.7. The number of anilines is 5. The Bertz CT molecular complexity index is 5480. The summed E-state index contributed by atoms with van der Waals surface area (Å²) >= 11 is 0. The second-order valence-electron chi connectivity index (χ2n) is 28.1. The summed E-state index contributed by atoms with van der Waals surface area (Å²) in [5.41, 5.74) is 15.6. The molecule has 3 aliphatic heterocycles. The highest BCUT2D eigenvalue weighted by Crippen LogP contribution is 2.48. The molecule has 0 bridgehead atoms. The fourth-order valence-electron chi connectivity index (χ4n) is 16.1. The minimum Gasteiger partial charge on any atom is -0.744 e. The fraction of sp³-hybridized carbons (Fsp3) is 0.261. The largest absolute Gasteiger partial charge is 0.744 e. The van der Waals surface area contributed by atoms with Crippen molar-refractivity contribution in [3.8, 4) is 16.9 Å². The van der Waals surface area contributed by atoms with E-state index in [2.05, 4.69) is 85.4 Å². The molecule has 4 amide bonds. The van der Waals surface area contributed by atoms with Gasteiger partial charge in [-0.25, -0.2) is 12.8 Å². The highest BCUT2D eigenvalue weighted by Gasteiger charge is 2.38. The van der Waals surface area contributed by atoms with E-state index in [4.69, 9.17) is 9.15 Å². The second kappa shape index (κ2) is 31.0. The monoisotopic (exact) mass is 1480 g/mol. The van der Waals surface area contributed by atoms with Crippen LogP contribution in [-0.2, 0) is 20.2 Å². The van der Waals surface area contributed by atoms with E-state index >= 15 is 0 Å². The van der Waals surface area contributed by atoms with Gasteiger partial charge in [-0.1, -0.05) is 116 Å². The highest BCUT2D eigenvalue weighted by atomic mass is 32.2. The van der Waals surface area contributed by atoms with Crippen LogP contribution < -0.4 is 24.3 Å². The summed E-state index contributed by atoms with van der Waals surface area (Å²) in [5, 5.41) is 1.31. The van der Waals surface area contributed by atoms with Crippen molar-refractivity contribution in [1.82, 2.24) is 9.80 Å². The van der Waals surface area contributed by atoms with E-state index in [0.717, 1.165) is 95.2 Å². The first kappa shape index (κ1) is 73.9. The Hall–Kier alpha value is -11.0. The van der Waals surface area contributed by atoms with Gasteiger partial charge in [-0.05, 0) is 187 Å². The van der Waals surface area contributed by atoms with Gasteiger partial charge < -0.3 is 28.9 Å². The number of hydrogen-bond donors (Lipinski definition) is 1. The van der Waals surface area contributed by atoms with Gasteiger partial charge in [0.1, 0.15) is 26.9 Å². The Labute approximate surface area is 631 Å². The molecule has 552 valence electrons. The van der Waals surface area contributed by atoms with Crippen LogP contribution in [0.5, 0.6) is 5.75 Å². The van der Waals surface area contributed by atoms with Crippen LogP contribution in [0, 0.1) is 27.7 Å². The number of allylic oxidation sites excluding steroid dienone is 1. The molecular weight excluding hydrogens is 1400 g/mol. The van der Waals surface area contributed by atoms with Crippen LogP contribution >= 0.6 is 0 Å².